The molecular weight excluding hydrogens is 290 g/mol. The Morgan fingerprint density at radius 2 is 1.57 bits per heavy atom. The van der Waals surface area contributed by atoms with E-state index in [0.29, 0.717) is 5.69 Å². The highest BCUT2D eigenvalue weighted by molar-refractivity contribution is 5.96. The third kappa shape index (κ3) is 5.02. The molecule has 1 unspecified atom stereocenters. The molecule has 116 valence electrons. The number of rotatable bonds is 5. The van der Waals surface area contributed by atoms with Gasteiger partial charge < -0.3 is 16.4 Å². The van der Waals surface area contributed by atoms with Gasteiger partial charge in [-0.25, -0.2) is 0 Å². The maximum absolute atomic E-state index is 11.8. The first-order valence-corrected chi connectivity index (χ1v) is 6.94. The van der Waals surface area contributed by atoms with E-state index in [9.17, 15) is 9.59 Å². The molecule has 2 amide bonds. The van der Waals surface area contributed by atoms with Crippen molar-refractivity contribution < 1.29 is 9.59 Å². The van der Waals surface area contributed by atoms with Gasteiger partial charge in [-0.2, -0.15) is 0 Å². The highest BCUT2D eigenvalue weighted by Gasteiger charge is 2.29. The van der Waals surface area contributed by atoms with Crippen LogP contribution in [0.25, 0.3) is 0 Å². The normalized spacial score (nSPS) is 15.0. The van der Waals surface area contributed by atoms with Crippen molar-refractivity contribution in [2.24, 2.45) is 17.6 Å². The number of benzene rings is 1. The minimum atomic E-state index is -0.524. The lowest BCUT2D eigenvalue weighted by atomic mass is 10.0. The number of carbonyl (C=O) groups excluding carboxylic acids is 2. The zero-order valence-corrected chi connectivity index (χ0v) is 13.1. The molecule has 1 aromatic rings. The highest BCUT2D eigenvalue weighted by atomic mass is 35.5. The van der Waals surface area contributed by atoms with Gasteiger partial charge in [-0.3, -0.25) is 9.59 Å². The smallest absolute Gasteiger partial charge is 0.241 e. The third-order valence-corrected chi connectivity index (χ3v) is 3.39. The first kappa shape index (κ1) is 17.5. The molecular formula is C15H22ClN3O2. The van der Waals surface area contributed by atoms with Gasteiger partial charge in [0.25, 0.3) is 0 Å². The minimum Gasteiger partial charge on any atom is -0.326 e. The first-order chi connectivity index (χ1) is 9.47. The van der Waals surface area contributed by atoms with Gasteiger partial charge in [-0.15, -0.1) is 12.4 Å². The van der Waals surface area contributed by atoms with Crippen molar-refractivity contribution in [2.75, 3.05) is 10.6 Å². The van der Waals surface area contributed by atoms with Crippen LogP contribution in [0, 0.1) is 11.8 Å². The summed E-state index contributed by atoms with van der Waals surface area (Å²) in [5.74, 6) is 0.143. The van der Waals surface area contributed by atoms with Gasteiger partial charge in [0.05, 0.1) is 6.04 Å². The van der Waals surface area contributed by atoms with Crippen LogP contribution < -0.4 is 16.4 Å². The van der Waals surface area contributed by atoms with Crippen LogP contribution in [0.3, 0.4) is 0 Å². The number of anilines is 2. The number of hydrogen-bond acceptors (Lipinski definition) is 3. The van der Waals surface area contributed by atoms with Crippen LogP contribution in [0.5, 0.6) is 0 Å². The Balaban J connectivity index is 0.00000220. The molecule has 0 aromatic heterocycles. The Labute approximate surface area is 131 Å². The molecule has 4 N–H and O–H groups in total. The third-order valence-electron chi connectivity index (χ3n) is 3.39. The van der Waals surface area contributed by atoms with E-state index < -0.39 is 6.04 Å². The zero-order valence-electron chi connectivity index (χ0n) is 12.3. The largest absolute Gasteiger partial charge is 0.326 e. The van der Waals surface area contributed by atoms with Crippen LogP contribution in [0.15, 0.2) is 24.3 Å². The fourth-order valence-corrected chi connectivity index (χ4v) is 1.76. The van der Waals surface area contributed by atoms with Crippen molar-refractivity contribution in [3.63, 3.8) is 0 Å². The van der Waals surface area contributed by atoms with E-state index in [2.05, 4.69) is 10.6 Å². The highest BCUT2D eigenvalue weighted by Crippen LogP contribution is 2.30. The van der Waals surface area contributed by atoms with Crippen LogP contribution in [-0.2, 0) is 9.59 Å². The molecule has 0 saturated heterocycles. The molecule has 1 aliphatic rings. The Kier molecular flexibility index (Phi) is 6.18. The molecule has 1 atom stereocenters. The Bertz CT molecular complexity index is 498. The van der Waals surface area contributed by atoms with Crippen molar-refractivity contribution in [3.05, 3.63) is 24.3 Å². The SMILES string of the molecule is CC(C)C(N)C(=O)Nc1ccc(NC(=O)C2CC2)cc1.Cl. The van der Waals surface area contributed by atoms with Gasteiger partial charge in [0.2, 0.25) is 11.8 Å². The molecule has 0 spiro atoms. The molecule has 21 heavy (non-hydrogen) atoms. The Morgan fingerprint density at radius 1 is 1.10 bits per heavy atom. The Hall–Kier alpha value is -1.59. The second kappa shape index (κ2) is 7.43. The summed E-state index contributed by atoms with van der Waals surface area (Å²) in [4.78, 5) is 23.4. The second-order valence-corrected chi connectivity index (χ2v) is 5.60. The molecule has 5 nitrogen and oxygen atoms in total. The van der Waals surface area contributed by atoms with Gasteiger partial charge in [0.1, 0.15) is 0 Å². The van der Waals surface area contributed by atoms with Crippen LogP contribution in [0.1, 0.15) is 26.7 Å². The zero-order chi connectivity index (χ0) is 14.7. The summed E-state index contributed by atoms with van der Waals surface area (Å²) in [5.41, 5.74) is 7.19. The maximum Gasteiger partial charge on any atom is 0.241 e. The van der Waals surface area contributed by atoms with Crippen LogP contribution >= 0.6 is 12.4 Å². The number of carbonyl (C=O) groups is 2. The van der Waals surface area contributed by atoms with Gasteiger partial charge in [-0.1, -0.05) is 13.8 Å². The second-order valence-electron chi connectivity index (χ2n) is 5.60. The first-order valence-electron chi connectivity index (χ1n) is 6.94. The van der Waals surface area contributed by atoms with Crippen LogP contribution in [0.4, 0.5) is 11.4 Å². The van der Waals surface area contributed by atoms with E-state index in [4.69, 9.17) is 5.73 Å². The van der Waals surface area contributed by atoms with E-state index >= 15 is 0 Å². The molecule has 1 fully saturated rings. The molecule has 1 aliphatic carbocycles. The minimum absolute atomic E-state index is 0. The van der Waals surface area contributed by atoms with E-state index in [1.54, 1.807) is 24.3 Å². The van der Waals surface area contributed by atoms with Crippen molar-refractivity contribution in [2.45, 2.75) is 32.7 Å². The van der Waals surface area contributed by atoms with E-state index in [0.717, 1.165) is 18.5 Å². The fraction of sp³-hybridized carbons (Fsp3) is 0.467. The molecule has 0 aliphatic heterocycles. The lowest BCUT2D eigenvalue weighted by Gasteiger charge is -2.15. The van der Waals surface area contributed by atoms with Gasteiger partial charge >= 0.3 is 0 Å². The van der Waals surface area contributed by atoms with Crippen LogP contribution in [-0.4, -0.2) is 17.9 Å². The van der Waals surface area contributed by atoms with E-state index in [1.165, 1.54) is 0 Å². The van der Waals surface area contributed by atoms with Gasteiger partial charge in [0, 0.05) is 17.3 Å². The topological polar surface area (TPSA) is 84.2 Å². The monoisotopic (exact) mass is 311 g/mol. The van der Waals surface area contributed by atoms with Crippen molar-refractivity contribution in [1.29, 1.82) is 0 Å². The van der Waals surface area contributed by atoms with Crippen LogP contribution in [0.2, 0.25) is 0 Å². The summed E-state index contributed by atoms with van der Waals surface area (Å²) in [5, 5.41) is 5.61. The summed E-state index contributed by atoms with van der Waals surface area (Å²) < 4.78 is 0. The predicted octanol–water partition coefficient (Wildman–Crippen LogP) is 2.38. The number of nitrogens with one attached hydrogen (secondary N) is 2. The van der Waals surface area contributed by atoms with Crippen molar-refractivity contribution in [1.82, 2.24) is 0 Å². The predicted molar refractivity (Wildman–Crippen MR) is 86.5 cm³/mol. The van der Waals surface area contributed by atoms with Gasteiger partial charge in [-0.05, 0) is 43.0 Å². The average Bonchev–Trinajstić information content (AvgIpc) is 3.24. The maximum atomic E-state index is 11.8. The van der Waals surface area contributed by atoms with E-state index in [-0.39, 0.29) is 36.1 Å². The molecule has 1 aromatic carbocycles. The number of nitrogens with two attached hydrogens (primary N) is 1. The lowest BCUT2D eigenvalue weighted by molar-refractivity contribution is -0.118. The summed E-state index contributed by atoms with van der Waals surface area (Å²) in [6.07, 6.45) is 1.96. The standard InChI is InChI=1S/C15H21N3O2.ClH/c1-9(2)13(16)15(20)18-12-7-5-11(6-8-12)17-14(19)10-3-4-10;/h5-10,13H,3-4,16H2,1-2H3,(H,17,19)(H,18,20);1H. The average molecular weight is 312 g/mol. The number of hydrogen-bond donors (Lipinski definition) is 3. The molecule has 0 heterocycles. The summed E-state index contributed by atoms with van der Waals surface area (Å²) >= 11 is 0. The number of halogens is 1. The fourth-order valence-electron chi connectivity index (χ4n) is 1.76. The summed E-state index contributed by atoms with van der Waals surface area (Å²) in [7, 11) is 0. The summed E-state index contributed by atoms with van der Waals surface area (Å²) in [6, 6.07) is 6.54. The summed E-state index contributed by atoms with van der Waals surface area (Å²) in [6.45, 7) is 3.81. The number of amides is 2. The molecule has 0 radical (unpaired) electrons. The van der Waals surface area contributed by atoms with E-state index in [1.807, 2.05) is 13.8 Å². The Morgan fingerprint density at radius 3 is 2.00 bits per heavy atom. The molecule has 2 rings (SSSR count). The van der Waals surface area contributed by atoms with Gasteiger partial charge in [0.15, 0.2) is 0 Å². The molecule has 6 heteroatoms. The van der Waals surface area contributed by atoms with Crippen molar-refractivity contribution >= 4 is 35.6 Å². The quantitative estimate of drug-likeness (QED) is 0.780. The lowest BCUT2D eigenvalue weighted by Crippen LogP contribution is -2.39. The molecule has 0 bridgehead atoms. The van der Waals surface area contributed by atoms with Crippen molar-refractivity contribution in [3.8, 4) is 0 Å². The molecule has 1 saturated carbocycles.